The van der Waals surface area contributed by atoms with Crippen molar-refractivity contribution in [2.45, 2.75) is 6.42 Å². The summed E-state index contributed by atoms with van der Waals surface area (Å²) in [7, 11) is 0. The summed E-state index contributed by atoms with van der Waals surface area (Å²) in [5.41, 5.74) is 1.36. The van der Waals surface area contributed by atoms with Crippen LogP contribution in [0.4, 0.5) is 4.39 Å². The smallest absolute Gasteiger partial charge is 0.195 e. The molecule has 0 aliphatic carbocycles. The molecule has 0 bridgehead atoms. The summed E-state index contributed by atoms with van der Waals surface area (Å²) in [5, 5.41) is 0.726. The molecule has 0 N–H and O–H groups in total. The third kappa shape index (κ3) is 2.71. The highest BCUT2D eigenvalue weighted by atomic mass is 35.5. The zero-order valence-corrected chi connectivity index (χ0v) is 11.8. The fourth-order valence-electron chi connectivity index (χ4n) is 1.97. The van der Waals surface area contributed by atoms with Gasteiger partial charge in [-0.15, -0.1) is 11.3 Å². The van der Waals surface area contributed by atoms with Crippen molar-refractivity contribution in [2.24, 2.45) is 0 Å². The molecule has 0 fully saturated rings. The van der Waals surface area contributed by atoms with E-state index in [4.69, 9.17) is 11.6 Å². The molecule has 0 saturated carbocycles. The molecule has 1 aromatic heterocycles. The minimum atomic E-state index is -0.440. The van der Waals surface area contributed by atoms with Crippen molar-refractivity contribution in [1.29, 1.82) is 0 Å². The Hall–Kier alpha value is -1.78. The van der Waals surface area contributed by atoms with Crippen LogP contribution in [0.3, 0.4) is 0 Å². The predicted molar refractivity (Wildman–Crippen MR) is 79.1 cm³/mol. The topological polar surface area (TPSA) is 30.0 Å². The fourth-order valence-corrected chi connectivity index (χ4v) is 3.11. The molecule has 0 aliphatic heterocycles. The minimum absolute atomic E-state index is 0.0945. The number of Topliss-reactive ketones (excluding diaryl/α,β-unsaturated/α-hetero) is 1. The Morgan fingerprint density at radius 1 is 1.25 bits per heavy atom. The normalized spacial score (nSPS) is 10.9. The lowest BCUT2D eigenvalue weighted by Crippen LogP contribution is -2.03. The summed E-state index contributed by atoms with van der Waals surface area (Å²) in [6.45, 7) is 0. The summed E-state index contributed by atoms with van der Waals surface area (Å²) in [6, 6.07) is 11.7. The predicted octanol–water partition coefficient (Wildman–Crippen LogP) is 4.51. The molecule has 2 aromatic carbocycles. The average molecular weight is 306 g/mol. The Bertz CT molecular complexity index is 746. The highest BCUT2D eigenvalue weighted by Crippen LogP contribution is 2.23. The van der Waals surface area contributed by atoms with Gasteiger partial charge in [0, 0.05) is 11.4 Å². The number of hydrogen-bond acceptors (Lipinski definition) is 3. The van der Waals surface area contributed by atoms with Crippen molar-refractivity contribution in [3.05, 3.63) is 63.9 Å². The number of halogens is 2. The number of ketones is 1. The third-order valence-electron chi connectivity index (χ3n) is 2.82. The monoisotopic (exact) mass is 305 g/mol. The van der Waals surface area contributed by atoms with E-state index >= 15 is 0 Å². The Morgan fingerprint density at radius 2 is 2.05 bits per heavy atom. The molecule has 3 rings (SSSR count). The number of benzene rings is 2. The summed E-state index contributed by atoms with van der Waals surface area (Å²) in [5.74, 6) is -0.572. The van der Waals surface area contributed by atoms with Gasteiger partial charge < -0.3 is 0 Å². The molecule has 1 heterocycles. The number of rotatable bonds is 3. The number of hydrogen-bond donors (Lipinski definition) is 0. The Balaban J connectivity index is 1.88. The van der Waals surface area contributed by atoms with Gasteiger partial charge in [-0.05, 0) is 35.9 Å². The van der Waals surface area contributed by atoms with E-state index in [-0.39, 0.29) is 17.2 Å². The lowest BCUT2D eigenvalue weighted by molar-refractivity contribution is 0.0993. The molecule has 3 aromatic rings. The number of para-hydroxylation sites is 1. The first-order valence-electron chi connectivity index (χ1n) is 5.95. The molecule has 0 atom stereocenters. The molecule has 0 spiro atoms. The van der Waals surface area contributed by atoms with Crippen LogP contribution in [0.1, 0.15) is 15.4 Å². The molecule has 0 aliphatic rings. The molecular formula is C15H9ClFNOS. The second-order valence-corrected chi connectivity index (χ2v) is 5.83. The van der Waals surface area contributed by atoms with Gasteiger partial charge in [-0.25, -0.2) is 9.37 Å². The third-order valence-corrected chi connectivity index (χ3v) is 4.12. The maximum Gasteiger partial charge on any atom is 0.195 e. The van der Waals surface area contributed by atoms with Crippen LogP contribution >= 0.6 is 22.9 Å². The maximum atomic E-state index is 13.2. The molecule has 20 heavy (non-hydrogen) atoms. The average Bonchev–Trinajstić information content (AvgIpc) is 2.81. The van der Waals surface area contributed by atoms with Crippen LogP contribution in [-0.2, 0) is 6.42 Å². The standard InChI is InChI=1S/C15H9ClFNOS/c16-10-5-9(6-11(17)8-10)7-13(19)15-18-12-3-1-2-4-14(12)20-15/h1-6,8H,7H2. The van der Waals surface area contributed by atoms with E-state index in [0.29, 0.717) is 10.6 Å². The van der Waals surface area contributed by atoms with Gasteiger partial charge in [0.15, 0.2) is 10.8 Å². The van der Waals surface area contributed by atoms with E-state index in [0.717, 1.165) is 10.2 Å². The number of carbonyl (C=O) groups is 1. The van der Waals surface area contributed by atoms with E-state index in [9.17, 15) is 9.18 Å². The molecule has 0 unspecified atom stereocenters. The summed E-state index contributed by atoms with van der Waals surface area (Å²) in [4.78, 5) is 16.5. The highest BCUT2D eigenvalue weighted by molar-refractivity contribution is 7.20. The lowest BCUT2D eigenvalue weighted by Gasteiger charge is -2.00. The van der Waals surface area contributed by atoms with Crippen LogP contribution < -0.4 is 0 Å². The van der Waals surface area contributed by atoms with Gasteiger partial charge in [0.25, 0.3) is 0 Å². The zero-order chi connectivity index (χ0) is 14.1. The summed E-state index contributed by atoms with van der Waals surface area (Å²) >= 11 is 7.13. The van der Waals surface area contributed by atoms with Crippen molar-refractivity contribution < 1.29 is 9.18 Å². The van der Waals surface area contributed by atoms with Crippen molar-refractivity contribution >= 4 is 38.9 Å². The highest BCUT2D eigenvalue weighted by Gasteiger charge is 2.13. The number of nitrogens with zero attached hydrogens (tertiary/aromatic N) is 1. The molecule has 100 valence electrons. The lowest BCUT2D eigenvalue weighted by atomic mass is 10.1. The quantitative estimate of drug-likeness (QED) is 0.666. The number of fused-ring (bicyclic) bond motifs is 1. The first-order chi connectivity index (χ1) is 9.61. The van der Waals surface area contributed by atoms with Gasteiger partial charge in [-0.3, -0.25) is 4.79 Å². The molecule has 0 saturated heterocycles. The Labute approximate surface area is 123 Å². The number of aromatic nitrogens is 1. The van der Waals surface area contributed by atoms with Crippen molar-refractivity contribution in [3.8, 4) is 0 Å². The maximum absolute atomic E-state index is 13.2. The molecule has 5 heteroatoms. The van der Waals surface area contributed by atoms with Gasteiger partial charge in [0.05, 0.1) is 10.2 Å². The van der Waals surface area contributed by atoms with E-state index < -0.39 is 5.82 Å². The summed E-state index contributed by atoms with van der Waals surface area (Å²) < 4.78 is 14.2. The van der Waals surface area contributed by atoms with Crippen LogP contribution in [0.25, 0.3) is 10.2 Å². The summed E-state index contributed by atoms with van der Waals surface area (Å²) in [6.07, 6.45) is 0.0945. The number of thiazole rings is 1. The first-order valence-corrected chi connectivity index (χ1v) is 7.15. The first kappa shape index (κ1) is 13.2. The molecule has 2 nitrogen and oxygen atoms in total. The van der Waals surface area contributed by atoms with E-state index in [2.05, 4.69) is 4.98 Å². The van der Waals surface area contributed by atoms with Crippen LogP contribution in [0.2, 0.25) is 5.02 Å². The van der Waals surface area contributed by atoms with Crippen LogP contribution in [-0.4, -0.2) is 10.8 Å². The number of carbonyl (C=O) groups excluding carboxylic acids is 1. The van der Waals surface area contributed by atoms with Crippen LogP contribution in [0.15, 0.2) is 42.5 Å². The van der Waals surface area contributed by atoms with E-state index in [1.165, 1.54) is 23.5 Å². The van der Waals surface area contributed by atoms with Crippen molar-refractivity contribution in [1.82, 2.24) is 4.98 Å². The molecular weight excluding hydrogens is 297 g/mol. The van der Waals surface area contributed by atoms with Gasteiger partial charge in [-0.2, -0.15) is 0 Å². The van der Waals surface area contributed by atoms with Crippen molar-refractivity contribution in [2.75, 3.05) is 0 Å². The molecule has 0 amide bonds. The van der Waals surface area contributed by atoms with E-state index in [1.807, 2.05) is 24.3 Å². The second kappa shape index (κ2) is 5.31. The van der Waals surface area contributed by atoms with E-state index in [1.54, 1.807) is 6.07 Å². The van der Waals surface area contributed by atoms with Crippen molar-refractivity contribution in [3.63, 3.8) is 0 Å². The van der Waals surface area contributed by atoms with Gasteiger partial charge in [-0.1, -0.05) is 23.7 Å². The van der Waals surface area contributed by atoms with Gasteiger partial charge in [0.2, 0.25) is 0 Å². The van der Waals surface area contributed by atoms with Crippen LogP contribution in [0.5, 0.6) is 0 Å². The second-order valence-electron chi connectivity index (χ2n) is 4.36. The fraction of sp³-hybridized carbons (Fsp3) is 0.0667. The minimum Gasteiger partial charge on any atom is -0.291 e. The van der Waals surface area contributed by atoms with Gasteiger partial charge >= 0.3 is 0 Å². The Morgan fingerprint density at radius 3 is 2.80 bits per heavy atom. The Kier molecular flexibility index (Phi) is 3.51. The van der Waals surface area contributed by atoms with Crippen LogP contribution in [0, 0.1) is 5.82 Å². The largest absolute Gasteiger partial charge is 0.291 e. The van der Waals surface area contributed by atoms with Gasteiger partial charge in [0.1, 0.15) is 5.82 Å². The zero-order valence-electron chi connectivity index (χ0n) is 10.3. The SMILES string of the molecule is O=C(Cc1cc(F)cc(Cl)c1)c1nc2ccccc2s1. The molecule has 0 radical (unpaired) electrons.